The summed E-state index contributed by atoms with van der Waals surface area (Å²) in [6, 6.07) is 1.58. The van der Waals surface area contributed by atoms with E-state index in [1.165, 1.54) is 17.9 Å². The molecule has 4 heteroatoms. The number of hydrogen-bond donors (Lipinski definition) is 0. The summed E-state index contributed by atoms with van der Waals surface area (Å²) >= 11 is 0. The second-order valence-corrected chi connectivity index (χ2v) is 2.94. The molecule has 0 fully saturated rings. The fourth-order valence-electron chi connectivity index (χ4n) is 1.02. The topological polar surface area (TPSA) is 44.1 Å². The van der Waals surface area contributed by atoms with Crippen LogP contribution in [0.4, 0.5) is 0 Å². The minimum absolute atomic E-state index is 0.117. The van der Waals surface area contributed by atoms with Gasteiger partial charge in [-0.05, 0) is 13.3 Å². The first-order valence-electron chi connectivity index (χ1n) is 4.32. The first kappa shape index (κ1) is 9.77. The normalized spacial score (nSPS) is 12.5. The summed E-state index contributed by atoms with van der Waals surface area (Å²) in [4.78, 5) is 11.4. The number of nitrogens with zero attached hydrogens (tertiary/aromatic N) is 2. The Kier molecular flexibility index (Phi) is 3.06. The molecule has 0 unspecified atom stereocenters. The Morgan fingerprint density at radius 1 is 1.69 bits per heavy atom. The van der Waals surface area contributed by atoms with Gasteiger partial charge in [0.15, 0.2) is 0 Å². The van der Waals surface area contributed by atoms with Crippen molar-refractivity contribution in [2.24, 2.45) is 0 Å². The van der Waals surface area contributed by atoms with Gasteiger partial charge in [0.05, 0.1) is 19.3 Å². The van der Waals surface area contributed by atoms with Crippen LogP contribution in [0.5, 0.6) is 5.75 Å². The molecule has 1 aromatic rings. The molecule has 0 spiro atoms. The summed E-state index contributed by atoms with van der Waals surface area (Å²) in [7, 11) is 1.52. The van der Waals surface area contributed by atoms with E-state index in [4.69, 9.17) is 4.74 Å². The predicted molar refractivity (Wildman–Crippen MR) is 50.1 cm³/mol. The monoisotopic (exact) mass is 182 g/mol. The standard InChI is InChI=1S/C9H14N2O2/c1-4-7(2)11-9(12)5-8(13-3)6-10-11/h5-7H,4H2,1-3H3/t7-/m0/s1. The van der Waals surface area contributed by atoms with Crippen molar-refractivity contribution in [2.45, 2.75) is 26.3 Å². The van der Waals surface area contributed by atoms with E-state index >= 15 is 0 Å². The van der Waals surface area contributed by atoms with Gasteiger partial charge in [-0.25, -0.2) is 4.68 Å². The van der Waals surface area contributed by atoms with Crippen molar-refractivity contribution in [1.82, 2.24) is 9.78 Å². The van der Waals surface area contributed by atoms with Crippen LogP contribution in [0.15, 0.2) is 17.1 Å². The third kappa shape index (κ3) is 2.08. The molecule has 1 atom stereocenters. The maximum atomic E-state index is 11.4. The van der Waals surface area contributed by atoms with Gasteiger partial charge in [0.2, 0.25) is 0 Å². The number of ether oxygens (including phenoxy) is 1. The van der Waals surface area contributed by atoms with Gasteiger partial charge in [0, 0.05) is 6.07 Å². The van der Waals surface area contributed by atoms with Crippen LogP contribution in [0.25, 0.3) is 0 Å². The van der Waals surface area contributed by atoms with Gasteiger partial charge in [0.1, 0.15) is 5.75 Å². The van der Waals surface area contributed by atoms with Crippen molar-refractivity contribution in [1.29, 1.82) is 0 Å². The third-order valence-electron chi connectivity index (χ3n) is 2.04. The van der Waals surface area contributed by atoms with Gasteiger partial charge in [-0.2, -0.15) is 5.10 Å². The van der Waals surface area contributed by atoms with Crippen molar-refractivity contribution in [2.75, 3.05) is 7.11 Å². The summed E-state index contributed by atoms with van der Waals surface area (Å²) < 4.78 is 6.35. The highest BCUT2D eigenvalue weighted by Crippen LogP contribution is 2.07. The van der Waals surface area contributed by atoms with Crippen molar-refractivity contribution in [3.63, 3.8) is 0 Å². The SMILES string of the molecule is CC[C@H](C)n1ncc(OC)cc1=O. The molecule has 13 heavy (non-hydrogen) atoms. The fourth-order valence-corrected chi connectivity index (χ4v) is 1.02. The molecule has 0 saturated carbocycles. The Balaban J connectivity index is 3.05. The molecule has 0 aromatic carbocycles. The Morgan fingerprint density at radius 2 is 2.38 bits per heavy atom. The maximum Gasteiger partial charge on any atom is 0.270 e. The number of aromatic nitrogens is 2. The smallest absolute Gasteiger partial charge is 0.270 e. The van der Waals surface area contributed by atoms with Gasteiger partial charge < -0.3 is 4.74 Å². The molecule has 0 saturated heterocycles. The van der Waals surface area contributed by atoms with E-state index in [0.717, 1.165) is 6.42 Å². The number of rotatable bonds is 3. The zero-order valence-electron chi connectivity index (χ0n) is 8.15. The summed E-state index contributed by atoms with van der Waals surface area (Å²) in [5.41, 5.74) is -0.117. The van der Waals surface area contributed by atoms with Crippen LogP contribution in [0, 0.1) is 0 Å². The van der Waals surface area contributed by atoms with Gasteiger partial charge in [-0.15, -0.1) is 0 Å². The van der Waals surface area contributed by atoms with Crippen molar-refractivity contribution in [3.05, 3.63) is 22.6 Å². The molecule has 0 aliphatic carbocycles. The molecule has 0 aliphatic heterocycles. The largest absolute Gasteiger partial charge is 0.495 e. The molecular formula is C9H14N2O2. The summed E-state index contributed by atoms with van der Waals surface area (Å²) in [5, 5.41) is 4.00. The molecule has 1 aromatic heterocycles. The van der Waals surface area contributed by atoms with E-state index in [9.17, 15) is 4.79 Å². The highest BCUT2D eigenvalue weighted by Gasteiger charge is 2.05. The van der Waals surface area contributed by atoms with E-state index in [1.54, 1.807) is 6.20 Å². The van der Waals surface area contributed by atoms with E-state index in [2.05, 4.69) is 5.10 Å². The Morgan fingerprint density at radius 3 is 2.85 bits per heavy atom. The lowest BCUT2D eigenvalue weighted by molar-refractivity contribution is 0.395. The number of hydrogen-bond acceptors (Lipinski definition) is 3. The second kappa shape index (κ2) is 4.07. The van der Waals surface area contributed by atoms with Crippen molar-refractivity contribution >= 4 is 0 Å². The first-order valence-corrected chi connectivity index (χ1v) is 4.32. The van der Waals surface area contributed by atoms with E-state index in [-0.39, 0.29) is 11.6 Å². The van der Waals surface area contributed by atoms with Gasteiger partial charge in [-0.1, -0.05) is 6.92 Å². The molecule has 72 valence electrons. The van der Waals surface area contributed by atoms with Gasteiger partial charge in [0.25, 0.3) is 5.56 Å². The number of methoxy groups -OCH3 is 1. The highest BCUT2D eigenvalue weighted by atomic mass is 16.5. The fraction of sp³-hybridized carbons (Fsp3) is 0.556. The minimum atomic E-state index is -0.117. The lowest BCUT2D eigenvalue weighted by Gasteiger charge is -2.10. The average Bonchev–Trinajstić information content (AvgIpc) is 2.16. The molecule has 0 bridgehead atoms. The van der Waals surface area contributed by atoms with E-state index < -0.39 is 0 Å². The Hall–Kier alpha value is -1.32. The van der Waals surface area contributed by atoms with Crippen molar-refractivity contribution < 1.29 is 4.74 Å². The van der Waals surface area contributed by atoms with Gasteiger partial charge >= 0.3 is 0 Å². The average molecular weight is 182 g/mol. The summed E-state index contributed by atoms with van der Waals surface area (Å²) in [5.74, 6) is 0.504. The van der Waals surface area contributed by atoms with Crippen LogP contribution in [0.1, 0.15) is 26.3 Å². The highest BCUT2D eigenvalue weighted by molar-refractivity contribution is 5.13. The van der Waals surface area contributed by atoms with Crippen LogP contribution < -0.4 is 10.3 Å². The Bertz CT molecular complexity index is 333. The van der Waals surface area contributed by atoms with Crippen LogP contribution >= 0.6 is 0 Å². The van der Waals surface area contributed by atoms with E-state index in [1.807, 2.05) is 13.8 Å². The van der Waals surface area contributed by atoms with E-state index in [0.29, 0.717) is 5.75 Å². The molecule has 1 rings (SSSR count). The molecule has 0 N–H and O–H groups in total. The summed E-state index contributed by atoms with van der Waals surface area (Å²) in [6.45, 7) is 3.98. The molecule has 0 radical (unpaired) electrons. The summed E-state index contributed by atoms with van der Waals surface area (Å²) in [6.07, 6.45) is 2.44. The first-order chi connectivity index (χ1) is 6.19. The van der Waals surface area contributed by atoms with Crippen LogP contribution in [0.3, 0.4) is 0 Å². The molecule has 4 nitrogen and oxygen atoms in total. The predicted octanol–water partition coefficient (Wildman–Crippen LogP) is 1.22. The lowest BCUT2D eigenvalue weighted by atomic mass is 10.3. The minimum Gasteiger partial charge on any atom is -0.495 e. The molecule has 0 amide bonds. The van der Waals surface area contributed by atoms with Crippen molar-refractivity contribution in [3.8, 4) is 5.75 Å². The third-order valence-corrected chi connectivity index (χ3v) is 2.04. The lowest BCUT2D eigenvalue weighted by Crippen LogP contribution is -2.24. The van der Waals surface area contributed by atoms with Crippen LogP contribution in [0.2, 0.25) is 0 Å². The zero-order chi connectivity index (χ0) is 9.84. The molecular weight excluding hydrogens is 168 g/mol. The van der Waals surface area contributed by atoms with Crippen LogP contribution in [-0.4, -0.2) is 16.9 Å². The van der Waals surface area contributed by atoms with Crippen LogP contribution in [-0.2, 0) is 0 Å². The maximum absolute atomic E-state index is 11.4. The van der Waals surface area contributed by atoms with Gasteiger partial charge in [-0.3, -0.25) is 4.79 Å². The molecule has 0 aliphatic rings. The Labute approximate surface area is 77.1 Å². The molecule has 1 heterocycles. The second-order valence-electron chi connectivity index (χ2n) is 2.94. The quantitative estimate of drug-likeness (QED) is 0.706. The zero-order valence-corrected chi connectivity index (χ0v) is 8.15.